The number of carbonyl (C=O) groups excluding carboxylic acids is 1. The zero-order valence-corrected chi connectivity index (χ0v) is 18.0. The molecule has 30 heavy (non-hydrogen) atoms. The van der Waals surface area contributed by atoms with E-state index in [9.17, 15) is 4.79 Å². The van der Waals surface area contributed by atoms with Gasteiger partial charge in [-0.3, -0.25) is 4.79 Å². The molecule has 4 aromatic rings. The van der Waals surface area contributed by atoms with E-state index in [2.05, 4.69) is 43.2 Å². The molecule has 0 spiro atoms. The maximum absolute atomic E-state index is 12.4. The lowest BCUT2D eigenvalue weighted by Crippen LogP contribution is -2.14. The van der Waals surface area contributed by atoms with Gasteiger partial charge in [0.25, 0.3) is 0 Å². The number of carbonyl (C=O) groups is 1. The minimum absolute atomic E-state index is 0.0962. The number of hydrogen-bond donors (Lipinski definition) is 1. The van der Waals surface area contributed by atoms with Crippen molar-refractivity contribution in [3.05, 3.63) is 82.9 Å². The summed E-state index contributed by atoms with van der Waals surface area (Å²) in [6.07, 6.45) is 0.275. The van der Waals surface area contributed by atoms with Gasteiger partial charge < -0.3 is 9.73 Å². The van der Waals surface area contributed by atoms with Crippen LogP contribution in [0.4, 0.5) is 5.69 Å². The Labute approximate surface area is 180 Å². The number of fused-ring (bicyclic) bond motifs is 1. The summed E-state index contributed by atoms with van der Waals surface area (Å²) in [6.45, 7) is 6.55. The molecule has 0 radical (unpaired) electrons. The van der Waals surface area contributed by atoms with E-state index in [0.29, 0.717) is 22.2 Å². The number of anilines is 1. The van der Waals surface area contributed by atoms with Crippen LogP contribution in [0, 0.1) is 0 Å². The first-order chi connectivity index (χ1) is 14.3. The summed E-state index contributed by atoms with van der Waals surface area (Å²) in [5, 5.41) is 3.56. The SMILES string of the molecule is CC(C)(C)c1ccc(-c2nc3ccc(NC(=O)Cc4ccc(Cl)cc4)cc3o2)cc1. The maximum atomic E-state index is 12.4. The summed E-state index contributed by atoms with van der Waals surface area (Å²) < 4.78 is 5.96. The van der Waals surface area contributed by atoms with Crippen molar-refractivity contribution in [2.75, 3.05) is 5.32 Å². The highest BCUT2D eigenvalue weighted by molar-refractivity contribution is 6.30. The van der Waals surface area contributed by atoms with E-state index >= 15 is 0 Å². The third kappa shape index (κ3) is 4.55. The second-order valence-electron chi connectivity index (χ2n) is 8.38. The van der Waals surface area contributed by atoms with Crippen LogP contribution in [0.5, 0.6) is 0 Å². The Kier molecular flexibility index (Phi) is 5.35. The predicted octanol–water partition coefficient (Wildman–Crippen LogP) is 6.63. The van der Waals surface area contributed by atoms with Crippen molar-refractivity contribution in [1.82, 2.24) is 4.98 Å². The van der Waals surface area contributed by atoms with E-state index in [1.54, 1.807) is 18.2 Å². The van der Waals surface area contributed by atoms with Gasteiger partial charge in [0.05, 0.1) is 6.42 Å². The van der Waals surface area contributed by atoms with E-state index in [-0.39, 0.29) is 17.7 Å². The van der Waals surface area contributed by atoms with Crippen molar-refractivity contribution >= 4 is 34.3 Å². The van der Waals surface area contributed by atoms with Crippen LogP contribution in [0.2, 0.25) is 5.02 Å². The molecule has 0 atom stereocenters. The van der Waals surface area contributed by atoms with E-state index in [1.807, 2.05) is 36.4 Å². The Morgan fingerprint density at radius 1 is 1.00 bits per heavy atom. The average molecular weight is 419 g/mol. The summed E-state index contributed by atoms with van der Waals surface area (Å²) in [5.74, 6) is 0.462. The van der Waals surface area contributed by atoms with Crippen molar-refractivity contribution in [3.63, 3.8) is 0 Å². The molecule has 0 saturated heterocycles. The predicted molar refractivity (Wildman–Crippen MR) is 122 cm³/mol. The van der Waals surface area contributed by atoms with Gasteiger partial charge >= 0.3 is 0 Å². The van der Waals surface area contributed by atoms with Crippen LogP contribution in [0.1, 0.15) is 31.9 Å². The number of halogens is 1. The smallest absolute Gasteiger partial charge is 0.228 e. The monoisotopic (exact) mass is 418 g/mol. The Morgan fingerprint density at radius 3 is 2.37 bits per heavy atom. The summed E-state index contributed by atoms with van der Waals surface area (Å²) in [5.41, 5.74) is 5.24. The fraction of sp³-hybridized carbons (Fsp3) is 0.200. The molecular weight excluding hydrogens is 396 g/mol. The van der Waals surface area contributed by atoms with Crippen LogP contribution in [0.25, 0.3) is 22.6 Å². The highest BCUT2D eigenvalue weighted by Gasteiger charge is 2.15. The molecule has 3 aromatic carbocycles. The molecule has 1 amide bonds. The second kappa shape index (κ2) is 7.96. The highest BCUT2D eigenvalue weighted by atomic mass is 35.5. The standard InChI is InChI=1S/C25H23ClN2O2/c1-25(2,3)18-8-6-17(7-9-18)24-28-21-13-12-20(15-22(21)30-24)27-23(29)14-16-4-10-19(26)11-5-16/h4-13,15H,14H2,1-3H3,(H,27,29). The largest absolute Gasteiger partial charge is 0.436 e. The van der Waals surface area contributed by atoms with Crippen LogP contribution >= 0.6 is 11.6 Å². The fourth-order valence-corrected chi connectivity index (χ4v) is 3.36. The molecule has 1 heterocycles. The number of benzene rings is 3. The van der Waals surface area contributed by atoms with Crippen molar-refractivity contribution < 1.29 is 9.21 Å². The van der Waals surface area contributed by atoms with Gasteiger partial charge in [0, 0.05) is 22.3 Å². The molecule has 0 fully saturated rings. The minimum atomic E-state index is -0.103. The first-order valence-electron chi connectivity index (χ1n) is 9.84. The third-order valence-corrected chi connectivity index (χ3v) is 5.20. The molecule has 4 rings (SSSR count). The molecule has 0 aliphatic heterocycles. The Balaban J connectivity index is 1.51. The molecule has 0 aliphatic carbocycles. The van der Waals surface area contributed by atoms with Crippen LogP contribution in [-0.4, -0.2) is 10.9 Å². The first kappa shape index (κ1) is 20.2. The van der Waals surface area contributed by atoms with Crippen LogP contribution in [-0.2, 0) is 16.6 Å². The lowest BCUT2D eigenvalue weighted by Gasteiger charge is -2.18. The summed E-state index contributed by atoms with van der Waals surface area (Å²) in [7, 11) is 0. The molecule has 0 saturated carbocycles. The van der Waals surface area contributed by atoms with Crippen molar-refractivity contribution in [2.45, 2.75) is 32.6 Å². The van der Waals surface area contributed by atoms with Gasteiger partial charge in [-0.25, -0.2) is 4.98 Å². The van der Waals surface area contributed by atoms with E-state index < -0.39 is 0 Å². The Hall–Kier alpha value is -3.11. The second-order valence-corrected chi connectivity index (χ2v) is 8.82. The number of rotatable bonds is 4. The lowest BCUT2D eigenvalue weighted by atomic mass is 9.87. The highest BCUT2D eigenvalue weighted by Crippen LogP contribution is 2.29. The molecule has 0 aliphatic rings. The van der Waals surface area contributed by atoms with Crippen molar-refractivity contribution in [3.8, 4) is 11.5 Å². The number of nitrogens with one attached hydrogen (secondary N) is 1. The molecular formula is C25H23ClN2O2. The van der Waals surface area contributed by atoms with Gasteiger partial charge in [0.15, 0.2) is 5.58 Å². The minimum Gasteiger partial charge on any atom is -0.436 e. The summed E-state index contributed by atoms with van der Waals surface area (Å²) in [4.78, 5) is 16.9. The molecule has 1 aromatic heterocycles. The van der Waals surface area contributed by atoms with Crippen molar-refractivity contribution in [2.24, 2.45) is 0 Å². The molecule has 4 nitrogen and oxygen atoms in total. The Morgan fingerprint density at radius 2 is 1.70 bits per heavy atom. The first-order valence-corrected chi connectivity index (χ1v) is 10.2. The van der Waals surface area contributed by atoms with Crippen LogP contribution < -0.4 is 5.32 Å². The number of hydrogen-bond acceptors (Lipinski definition) is 3. The quantitative estimate of drug-likeness (QED) is 0.404. The van der Waals surface area contributed by atoms with E-state index in [0.717, 1.165) is 16.6 Å². The molecule has 0 bridgehead atoms. The summed E-state index contributed by atoms with van der Waals surface area (Å²) >= 11 is 5.89. The molecule has 1 N–H and O–H groups in total. The van der Waals surface area contributed by atoms with Gasteiger partial charge in [0.1, 0.15) is 5.52 Å². The van der Waals surface area contributed by atoms with Gasteiger partial charge in [0.2, 0.25) is 11.8 Å². The maximum Gasteiger partial charge on any atom is 0.228 e. The van der Waals surface area contributed by atoms with E-state index in [4.69, 9.17) is 16.0 Å². The van der Waals surface area contributed by atoms with Gasteiger partial charge in [-0.2, -0.15) is 0 Å². The fourth-order valence-electron chi connectivity index (χ4n) is 3.23. The zero-order valence-electron chi connectivity index (χ0n) is 17.2. The van der Waals surface area contributed by atoms with Crippen molar-refractivity contribution in [1.29, 1.82) is 0 Å². The molecule has 0 unspecified atom stereocenters. The van der Waals surface area contributed by atoms with Crippen LogP contribution in [0.3, 0.4) is 0 Å². The zero-order chi connectivity index (χ0) is 21.3. The number of nitrogens with zero attached hydrogens (tertiary/aromatic N) is 1. The van der Waals surface area contributed by atoms with E-state index in [1.165, 1.54) is 5.56 Å². The number of amides is 1. The molecule has 5 heteroatoms. The van der Waals surface area contributed by atoms with Gasteiger partial charge in [-0.05, 0) is 52.9 Å². The molecule has 152 valence electrons. The van der Waals surface area contributed by atoms with Gasteiger partial charge in [-0.15, -0.1) is 0 Å². The van der Waals surface area contributed by atoms with Crippen LogP contribution in [0.15, 0.2) is 71.1 Å². The third-order valence-electron chi connectivity index (χ3n) is 4.95. The lowest BCUT2D eigenvalue weighted by molar-refractivity contribution is -0.115. The number of oxazole rings is 1. The summed E-state index contributed by atoms with van der Waals surface area (Å²) in [6, 6.07) is 21.0. The normalized spacial score (nSPS) is 11.6. The topological polar surface area (TPSA) is 55.1 Å². The van der Waals surface area contributed by atoms with Gasteiger partial charge in [-0.1, -0.05) is 56.6 Å². The average Bonchev–Trinajstić information content (AvgIpc) is 3.12. The Bertz CT molecular complexity index is 1190. The number of aromatic nitrogens is 1.